The van der Waals surface area contributed by atoms with E-state index in [-0.39, 0.29) is 17.4 Å². The number of hydrogen-bond donors (Lipinski definition) is 1. The van der Waals surface area contributed by atoms with Crippen LogP contribution in [-0.2, 0) is 16.0 Å². The topological polar surface area (TPSA) is 55.8 Å². The predicted molar refractivity (Wildman–Crippen MR) is 104 cm³/mol. The number of benzene rings is 2. The molecule has 0 saturated carbocycles. The third-order valence-corrected chi connectivity index (χ3v) is 4.30. The first-order valence-electron chi connectivity index (χ1n) is 9.31. The monoisotopic (exact) mass is 408 g/mol. The molecule has 2 rings (SSSR count). The van der Waals surface area contributed by atoms with Gasteiger partial charge in [0.05, 0.1) is 5.56 Å². The standard InChI is InChI=1S/C22H23F3O4/c1-3-6-18(4-2)28-29-21(27)20-16(7-5-8-19(20)26)12-9-15-10-13-17(14-11-15)22(23,24)25/h5,7-14,18,26H,3-4,6H2,1-2H3. The fourth-order valence-corrected chi connectivity index (χ4v) is 2.68. The minimum atomic E-state index is -4.40. The van der Waals surface area contributed by atoms with Crippen molar-refractivity contribution in [1.29, 1.82) is 0 Å². The second kappa shape index (κ2) is 10.1. The van der Waals surface area contributed by atoms with Gasteiger partial charge in [0.15, 0.2) is 0 Å². The fraction of sp³-hybridized carbons (Fsp3) is 0.318. The Bertz CT molecular complexity index is 842. The lowest BCUT2D eigenvalue weighted by Gasteiger charge is -2.14. The molecule has 0 aliphatic heterocycles. The molecule has 2 aromatic rings. The molecule has 0 aliphatic rings. The first-order valence-corrected chi connectivity index (χ1v) is 9.31. The number of phenolic OH excluding ortho intramolecular Hbond substituents is 1. The van der Waals surface area contributed by atoms with Crippen molar-refractivity contribution in [3.05, 3.63) is 64.7 Å². The number of carbonyl (C=O) groups excluding carboxylic acids is 1. The Kier molecular flexibility index (Phi) is 7.84. The summed E-state index contributed by atoms with van der Waals surface area (Å²) in [4.78, 5) is 22.5. The van der Waals surface area contributed by atoms with E-state index in [1.54, 1.807) is 18.2 Å². The van der Waals surface area contributed by atoms with Crippen LogP contribution >= 0.6 is 0 Å². The van der Waals surface area contributed by atoms with Gasteiger partial charge in [0.2, 0.25) is 0 Å². The molecule has 0 spiro atoms. The Morgan fingerprint density at radius 1 is 1.10 bits per heavy atom. The summed E-state index contributed by atoms with van der Waals surface area (Å²) in [7, 11) is 0. The number of aromatic hydroxyl groups is 1. The molecule has 4 nitrogen and oxygen atoms in total. The van der Waals surface area contributed by atoms with Crippen LogP contribution in [0.3, 0.4) is 0 Å². The van der Waals surface area contributed by atoms with Crippen molar-refractivity contribution in [3.8, 4) is 5.75 Å². The summed E-state index contributed by atoms with van der Waals surface area (Å²) in [5.74, 6) is -1.12. The van der Waals surface area contributed by atoms with E-state index in [1.165, 1.54) is 24.3 Å². The second-order valence-electron chi connectivity index (χ2n) is 6.48. The molecule has 1 unspecified atom stereocenters. The summed E-state index contributed by atoms with van der Waals surface area (Å²) < 4.78 is 38.0. The van der Waals surface area contributed by atoms with Crippen molar-refractivity contribution in [2.45, 2.75) is 45.4 Å². The second-order valence-corrected chi connectivity index (χ2v) is 6.48. The van der Waals surface area contributed by atoms with Crippen LogP contribution in [0, 0.1) is 0 Å². The third kappa shape index (κ3) is 6.35. The van der Waals surface area contributed by atoms with Gasteiger partial charge in [-0.3, -0.25) is 4.89 Å². The molecule has 1 atom stereocenters. The van der Waals surface area contributed by atoms with Crippen molar-refractivity contribution >= 4 is 18.1 Å². The van der Waals surface area contributed by atoms with Crippen LogP contribution in [0.25, 0.3) is 12.2 Å². The molecule has 1 N–H and O–H groups in total. The number of hydrogen-bond acceptors (Lipinski definition) is 4. The maximum absolute atomic E-state index is 12.7. The largest absolute Gasteiger partial charge is 0.507 e. The average molecular weight is 408 g/mol. The fourth-order valence-electron chi connectivity index (χ4n) is 2.68. The van der Waals surface area contributed by atoms with Crippen molar-refractivity contribution in [2.75, 3.05) is 0 Å². The Labute approximate surface area is 167 Å². The number of halogens is 3. The van der Waals surface area contributed by atoms with Gasteiger partial charge < -0.3 is 5.11 Å². The lowest BCUT2D eigenvalue weighted by molar-refractivity contribution is -0.276. The average Bonchev–Trinajstić information content (AvgIpc) is 2.69. The molecule has 0 heterocycles. The van der Waals surface area contributed by atoms with Crippen molar-refractivity contribution in [2.24, 2.45) is 0 Å². The quantitative estimate of drug-likeness (QED) is 0.319. The van der Waals surface area contributed by atoms with Gasteiger partial charge >= 0.3 is 12.1 Å². The van der Waals surface area contributed by atoms with Gasteiger partial charge in [-0.2, -0.15) is 18.1 Å². The Balaban J connectivity index is 2.18. The zero-order valence-corrected chi connectivity index (χ0v) is 16.2. The Morgan fingerprint density at radius 3 is 2.38 bits per heavy atom. The molecule has 0 saturated heterocycles. The van der Waals surface area contributed by atoms with Crippen LogP contribution in [0.4, 0.5) is 13.2 Å². The van der Waals surface area contributed by atoms with Crippen LogP contribution in [0.2, 0.25) is 0 Å². The molecule has 0 aliphatic carbocycles. The van der Waals surface area contributed by atoms with Crippen LogP contribution in [0.15, 0.2) is 42.5 Å². The first-order chi connectivity index (χ1) is 13.8. The highest BCUT2D eigenvalue weighted by atomic mass is 19.4. The molecule has 29 heavy (non-hydrogen) atoms. The minimum Gasteiger partial charge on any atom is -0.507 e. The molecule has 0 bridgehead atoms. The van der Waals surface area contributed by atoms with Crippen LogP contribution in [0.1, 0.15) is 60.2 Å². The van der Waals surface area contributed by atoms with E-state index in [9.17, 15) is 23.1 Å². The number of alkyl halides is 3. The van der Waals surface area contributed by atoms with Gasteiger partial charge in [0.1, 0.15) is 17.4 Å². The molecule has 156 valence electrons. The molecule has 0 radical (unpaired) electrons. The van der Waals surface area contributed by atoms with E-state index in [1.807, 2.05) is 13.8 Å². The molecule has 7 heteroatoms. The van der Waals surface area contributed by atoms with Gasteiger partial charge in [0, 0.05) is 0 Å². The number of carbonyl (C=O) groups is 1. The normalized spacial score (nSPS) is 12.9. The van der Waals surface area contributed by atoms with E-state index in [0.29, 0.717) is 17.5 Å². The van der Waals surface area contributed by atoms with Gasteiger partial charge in [0.25, 0.3) is 0 Å². The summed E-state index contributed by atoms with van der Waals surface area (Å²) in [6, 6.07) is 9.06. The molecule has 0 fully saturated rings. The number of rotatable bonds is 8. The summed E-state index contributed by atoms with van der Waals surface area (Å²) >= 11 is 0. The van der Waals surface area contributed by atoms with Gasteiger partial charge in [-0.15, -0.1) is 0 Å². The highest BCUT2D eigenvalue weighted by molar-refractivity contribution is 5.97. The maximum Gasteiger partial charge on any atom is 0.416 e. The molecule has 0 aromatic heterocycles. The summed E-state index contributed by atoms with van der Waals surface area (Å²) in [6.45, 7) is 3.90. The minimum absolute atomic E-state index is 0.0815. The predicted octanol–water partition coefficient (Wildman–Crippen LogP) is 6.25. The Hall–Kier alpha value is -2.80. The van der Waals surface area contributed by atoms with Crippen LogP contribution in [0.5, 0.6) is 5.75 Å². The van der Waals surface area contributed by atoms with E-state index in [2.05, 4.69) is 0 Å². The summed E-state index contributed by atoms with van der Waals surface area (Å²) in [6.07, 6.45) is 0.682. The number of phenols is 1. The van der Waals surface area contributed by atoms with Crippen molar-refractivity contribution in [3.63, 3.8) is 0 Å². The lowest BCUT2D eigenvalue weighted by Crippen LogP contribution is -2.16. The molecular formula is C22H23F3O4. The highest BCUT2D eigenvalue weighted by Gasteiger charge is 2.29. The summed E-state index contributed by atoms with van der Waals surface area (Å²) in [5, 5.41) is 10.1. The van der Waals surface area contributed by atoms with Crippen LogP contribution in [-0.4, -0.2) is 17.2 Å². The first kappa shape index (κ1) is 22.5. The lowest BCUT2D eigenvalue weighted by atomic mass is 10.0. The van der Waals surface area contributed by atoms with Crippen molar-refractivity contribution in [1.82, 2.24) is 0 Å². The van der Waals surface area contributed by atoms with E-state index >= 15 is 0 Å². The van der Waals surface area contributed by atoms with Gasteiger partial charge in [-0.05, 0) is 42.2 Å². The summed E-state index contributed by atoms with van der Waals surface area (Å²) in [5.41, 5.74) is 0.0286. The van der Waals surface area contributed by atoms with E-state index < -0.39 is 17.7 Å². The Morgan fingerprint density at radius 2 is 1.79 bits per heavy atom. The van der Waals surface area contributed by atoms with Gasteiger partial charge in [-0.25, -0.2) is 4.79 Å². The molecule has 0 amide bonds. The third-order valence-electron chi connectivity index (χ3n) is 4.30. The van der Waals surface area contributed by atoms with E-state index in [4.69, 9.17) is 9.78 Å². The molecule has 2 aromatic carbocycles. The zero-order valence-electron chi connectivity index (χ0n) is 16.2. The van der Waals surface area contributed by atoms with Gasteiger partial charge in [-0.1, -0.05) is 56.7 Å². The van der Waals surface area contributed by atoms with E-state index in [0.717, 1.165) is 25.0 Å². The SMILES string of the molecule is CCCC(CC)OOC(=O)c1c(O)cccc1C=Cc1ccc(C(F)(F)F)cc1. The van der Waals surface area contributed by atoms with Crippen molar-refractivity contribution < 1.29 is 32.8 Å². The smallest absolute Gasteiger partial charge is 0.416 e. The maximum atomic E-state index is 12.7. The highest BCUT2D eigenvalue weighted by Crippen LogP contribution is 2.29. The zero-order chi connectivity index (χ0) is 21.4. The van der Waals surface area contributed by atoms with Crippen LogP contribution < -0.4 is 0 Å². The molecular weight excluding hydrogens is 385 g/mol.